The highest BCUT2D eigenvalue weighted by molar-refractivity contribution is 7.12. The van der Waals surface area contributed by atoms with Crippen LogP contribution in [0, 0.1) is 0 Å². The SMILES string of the molecule is CCOc1ccc(NC(=O)COC(=O)/C(=C/c2cccs2)c2cccs2)cc1. The molecule has 2 aromatic heterocycles. The van der Waals surface area contributed by atoms with Crippen LogP contribution in [0.25, 0.3) is 11.6 Å². The van der Waals surface area contributed by atoms with Gasteiger partial charge in [0.15, 0.2) is 6.61 Å². The van der Waals surface area contributed by atoms with Gasteiger partial charge in [-0.2, -0.15) is 0 Å². The van der Waals surface area contributed by atoms with Gasteiger partial charge in [0.2, 0.25) is 0 Å². The molecule has 7 heteroatoms. The van der Waals surface area contributed by atoms with E-state index in [-0.39, 0.29) is 6.61 Å². The highest BCUT2D eigenvalue weighted by Crippen LogP contribution is 2.26. The molecule has 5 nitrogen and oxygen atoms in total. The van der Waals surface area contributed by atoms with Crippen molar-refractivity contribution in [3.63, 3.8) is 0 Å². The molecule has 144 valence electrons. The maximum atomic E-state index is 12.6. The third-order valence-corrected chi connectivity index (χ3v) is 5.34. The van der Waals surface area contributed by atoms with Gasteiger partial charge in [-0.3, -0.25) is 4.79 Å². The maximum Gasteiger partial charge on any atom is 0.340 e. The maximum absolute atomic E-state index is 12.6. The normalized spacial score (nSPS) is 11.1. The minimum atomic E-state index is -0.530. The number of carbonyl (C=O) groups is 2. The zero-order valence-electron chi connectivity index (χ0n) is 15.2. The smallest absolute Gasteiger partial charge is 0.340 e. The first kappa shape index (κ1) is 19.9. The van der Waals surface area contributed by atoms with Crippen molar-refractivity contribution in [2.45, 2.75) is 6.92 Å². The van der Waals surface area contributed by atoms with Gasteiger partial charge in [0.25, 0.3) is 5.91 Å². The van der Waals surface area contributed by atoms with Gasteiger partial charge in [-0.25, -0.2) is 4.79 Å². The lowest BCUT2D eigenvalue weighted by Crippen LogP contribution is -2.21. The molecule has 0 bridgehead atoms. The Morgan fingerprint density at radius 3 is 2.43 bits per heavy atom. The molecule has 0 spiro atoms. The van der Waals surface area contributed by atoms with Gasteiger partial charge in [0.05, 0.1) is 12.2 Å². The van der Waals surface area contributed by atoms with Crippen LogP contribution >= 0.6 is 22.7 Å². The molecule has 3 rings (SSSR count). The molecule has 0 unspecified atom stereocenters. The molecule has 0 saturated carbocycles. The van der Waals surface area contributed by atoms with Crippen LogP contribution in [0.5, 0.6) is 5.75 Å². The van der Waals surface area contributed by atoms with E-state index in [1.165, 1.54) is 22.7 Å². The molecule has 0 aliphatic carbocycles. The van der Waals surface area contributed by atoms with E-state index >= 15 is 0 Å². The number of hydrogen-bond acceptors (Lipinski definition) is 6. The van der Waals surface area contributed by atoms with E-state index in [1.807, 2.05) is 41.9 Å². The van der Waals surface area contributed by atoms with Gasteiger partial charge in [-0.15, -0.1) is 22.7 Å². The molecular formula is C21H19NO4S2. The molecule has 0 aliphatic heterocycles. The first-order chi connectivity index (χ1) is 13.7. The predicted molar refractivity (Wildman–Crippen MR) is 114 cm³/mol. The number of thiophene rings is 2. The van der Waals surface area contributed by atoms with E-state index in [0.717, 1.165) is 15.5 Å². The van der Waals surface area contributed by atoms with Gasteiger partial charge in [0, 0.05) is 15.4 Å². The highest BCUT2D eigenvalue weighted by atomic mass is 32.1. The van der Waals surface area contributed by atoms with E-state index in [1.54, 1.807) is 30.3 Å². The van der Waals surface area contributed by atoms with Gasteiger partial charge in [-0.1, -0.05) is 12.1 Å². The van der Waals surface area contributed by atoms with Crippen molar-refractivity contribution in [1.29, 1.82) is 0 Å². The summed E-state index contributed by atoms with van der Waals surface area (Å²) in [5, 5.41) is 6.53. The standard InChI is InChI=1S/C21H19NO4S2/c1-2-25-16-9-7-15(8-10-16)22-20(23)14-26-21(24)18(19-6-4-12-28-19)13-17-5-3-11-27-17/h3-13H,2,14H2,1H3,(H,22,23)/b18-13+. The number of anilines is 1. The molecule has 1 amide bonds. The van der Waals surface area contributed by atoms with Crippen LogP contribution < -0.4 is 10.1 Å². The fourth-order valence-corrected chi connectivity index (χ4v) is 3.77. The van der Waals surface area contributed by atoms with E-state index in [9.17, 15) is 9.59 Å². The van der Waals surface area contributed by atoms with Crippen LogP contribution in [0.4, 0.5) is 5.69 Å². The fraction of sp³-hybridized carbons (Fsp3) is 0.143. The quantitative estimate of drug-likeness (QED) is 0.420. The van der Waals surface area contributed by atoms with Crippen molar-refractivity contribution in [1.82, 2.24) is 0 Å². The summed E-state index contributed by atoms with van der Waals surface area (Å²) in [6.07, 6.45) is 1.78. The summed E-state index contributed by atoms with van der Waals surface area (Å²) in [7, 11) is 0. The molecule has 28 heavy (non-hydrogen) atoms. The Kier molecular flexibility index (Phi) is 7.00. The number of amides is 1. The Bertz CT molecular complexity index is 929. The zero-order chi connectivity index (χ0) is 19.8. The van der Waals surface area contributed by atoms with Crippen LogP contribution in [-0.4, -0.2) is 25.1 Å². The van der Waals surface area contributed by atoms with Gasteiger partial charge in [-0.05, 0) is 60.2 Å². The third-order valence-electron chi connectivity index (χ3n) is 3.62. The number of hydrogen-bond donors (Lipinski definition) is 1. The summed E-state index contributed by atoms with van der Waals surface area (Å²) < 4.78 is 10.6. The summed E-state index contributed by atoms with van der Waals surface area (Å²) in [6, 6.07) is 14.6. The molecule has 0 radical (unpaired) electrons. The molecule has 0 saturated heterocycles. The summed E-state index contributed by atoms with van der Waals surface area (Å²) >= 11 is 2.97. The number of nitrogens with one attached hydrogen (secondary N) is 1. The zero-order valence-corrected chi connectivity index (χ0v) is 16.8. The van der Waals surface area contributed by atoms with Crippen molar-refractivity contribution in [2.75, 3.05) is 18.5 Å². The first-order valence-electron chi connectivity index (χ1n) is 8.64. The van der Waals surface area contributed by atoms with Gasteiger partial charge < -0.3 is 14.8 Å². The minimum absolute atomic E-state index is 0.362. The third kappa shape index (κ3) is 5.55. The van der Waals surface area contributed by atoms with Crippen molar-refractivity contribution >= 4 is 51.9 Å². The second-order valence-electron chi connectivity index (χ2n) is 5.63. The van der Waals surface area contributed by atoms with Crippen LogP contribution in [-0.2, 0) is 14.3 Å². The van der Waals surface area contributed by atoms with Gasteiger partial charge in [0.1, 0.15) is 5.75 Å². The fourth-order valence-electron chi connectivity index (χ4n) is 2.39. The van der Waals surface area contributed by atoms with Gasteiger partial charge >= 0.3 is 5.97 Å². The lowest BCUT2D eigenvalue weighted by molar-refractivity contribution is -0.141. The van der Waals surface area contributed by atoms with Crippen LogP contribution in [0.1, 0.15) is 16.7 Å². The van der Waals surface area contributed by atoms with E-state index < -0.39 is 11.9 Å². The van der Waals surface area contributed by atoms with Crippen molar-refractivity contribution in [3.05, 3.63) is 69.0 Å². The molecule has 1 aromatic carbocycles. The molecular weight excluding hydrogens is 394 g/mol. The second-order valence-corrected chi connectivity index (χ2v) is 7.56. The molecule has 0 aliphatic rings. The van der Waals surface area contributed by atoms with Crippen LogP contribution in [0.15, 0.2) is 59.3 Å². The number of esters is 1. The topological polar surface area (TPSA) is 64.6 Å². The molecule has 3 aromatic rings. The van der Waals surface area contributed by atoms with Crippen molar-refractivity contribution < 1.29 is 19.1 Å². The van der Waals surface area contributed by atoms with Crippen LogP contribution in [0.3, 0.4) is 0 Å². The number of carbonyl (C=O) groups excluding carboxylic acids is 2. The monoisotopic (exact) mass is 413 g/mol. The number of rotatable bonds is 8. The first-order valence-corrected chi connectivity index (χ1v) is 10.4. The van der Waals surface area contributed by atoms with Crippen molar-refractivity contribution in [3.8, 4) is 5.75 Å². The summed E-state index contributed by atoms with van der Waals surface area (Å²) in [5.74, 6) is -0.205. The largest absolute Gasteiger partial charge is 0.494 e. The second kappa shape index (κ2) is 9.87. The Labute approximate surface area is 171 Å². The molecule has 2 heterocycles. The Morgan fingerprint density at radius 2 is 1.79 bits per heavy atom. The van der Waals surface area contributed by atoms with Crippen molar-refractivity contribution in [2.24, 2.45) is 0 Å². The summed E-state index contributed by atoms with van der Waals surface area (Å²) in [4.78, 5) is 26.4. The molecule has 0 fully saturated rings. The van der Waals surface area contributed by atoms with E-state index in [4.69, 9.17) is 9.47 Å². The molecule has 0 atom stereocenters. The predicted octanol–water partition coefficient (Wildman–Crippen LogP) is 4.93. The minimum Gasteiger partial charge on any atom is -0.494 e. The Hall–Kier alpha value is -2.90. The summed E-state index contributed by atoms with van der Waals surface area (Å²) in [6.45, 7) is 2.12. The number of benzene rings is 1. The van der Waals surface area contributed by atoms with E-state index in [0.29, 0.717) is 17.9 Å². The lowest BCUT2D eigenvalue weighted by Gasteiger charge is -2.09. The van der Waals surface area contributed by atoms with Crippen LogP contribution in [0.2, 0.25) is 0 Å². The Morgan fingerprint density at radius 1 is 1.04 bits per heavy atom. The lowest BCUT2D eigenvalue weighted by atomic mass is 10.2. The average Bonchev–Trinajstić information content (AvgIpc) is 3.40. The van der Waals surface area contributed by atoms with E-state index in [2.05, 4.69) is 5.32 Å². The summed E-state index contributed by atoms with van der Waals surface area (Å²) in [5.41, 5.74) is 1.04. The average molecular weight is 414 g/mol. The Balaban J connectivity index is 1.60. The number of ether oxygens (including phenoxy) is 2. The highest BCUT2D eigenvalue weighted by Gasteiger charge is 2.17. The molecule has 1 N–H and O–H groups in total.